The van der Waals surface area contributed by atoms with Gasteiger partial charge in [0, 0.05) is 12.0 Å². The molecule has 1 saturated heterocycles. The summed E-state index contributed by atoms with van der Waals surface area (Å²) in [4.78, 5) is 12.1. The summed E-state index contributed by atoms with van der Waals surface area (Å²) in [7, 11) is -3.48. The van der Waals surface area contributed by atoms with E-state index in [-0.39, 0.29) is 17.6 Å². The second-order valence-corrected chi connectivity index (χ2v) is 7.37. The van der Waals surface area contributed by atoms with Gasteiger partial charge in [-0.3, -0.25) is 4.79 Å². The van der Waals surface area contributed by atoms with Crippen molar-refractivity contribution in [2.45, 2.75) is 18.9 Å². The van der Waals surface area contributed by atoms with Crippen LogP contribution in [0.25, 0.3) is 11.0 Å². The molecular weight excluding hydrogens is 292 g/mol. The Morgan fingerprint density at radius 2 is 2.10 bits per heavy atom. The molecule has 0 spiro atoms. The number of carbonyl (C=O) groups is 1. The number of hydrogen-bond acceptors (Lipinski definition) is 5. The average molecular weight is 308 g/mol. The van der Waals surface area contributed by atoms with Gasteiger partial charge in [0.15, 0.2) is 15.6 Å². The fourth-order valence-electron chi connectivity index (χ4n) is 2.51. The molecule has 0 aliphatic carbocycles. The van der Waals surface area contributed by atoms with E-state index in [9.17, 15) is 13.2 Å². The summed E-state index contributed by atoms with van der Waals surface area (Å²) in [5.74, 6) is -1.05. The van der Waals surface area contributed by atoms with Crippen LogP contribution in [0.4, 0.5) is 0 Å². The van der Waals surface area contributed by atoms with Crippen molar-refractivity contribution < 1.29 is 22.4 Å². The van der Waals surface area contributed by atoms with Crippen molar-refractivity contribution >= 4 is 26.6 Å². The standard InChI is InChI=1S/C15H16O5S/c16-13(10-21(17,18)9-12-5-3-7-19-12)15-8-11-4-1-2-6-14(11)20-15/h1-2,4,6,8,12H,3,5,7,9-10H2. The molecule has 0 amide bonds. The van der Waals surface area contributed by atoms with Crippen LogP contribution in [0.3, 0.4) is 0 Å². The SMILES string of the molecule is O=C(CS(=O)(=O)CC1CCCO1)c1cc2ccccc2o1. The first kappa shape index (κ1) is 14.3. The van der Waals surface area contributed by atoms with Crippen molar-refractivity contribution in [2.24, 2.45) is 0 Å². The summed E-state index contributed by atoms with van der Waals surface area (Å²) < 4.78 is 34.8. The highest BCUT2D eigenvalue weighted by molar-refractivity contribution is 7.92. The Labute approximate surface area is 122 Å². The van der Waals surface area contributed by atoms with Crippen molar-refractivity contribution in [1.29, 1.82) is 0 Å². The zero-order valence-electron chi connectivity index (χ0n) is 11.4. The molecule has 1 unspecified atom stereocenters. The fraction of sp³-hybridized carbons (Fsp3) is 0.400. The highest BCUT2D eigenvalue weighted by atomic mass is 32.2. The minimum atomic E-state index is -3.48. The number of carbonyl (C=O) groups excluding carboxylic acids is 1. The summed E-state index contributed by atoms with van der Waals surface area (Å²) in [6.07, 6.45) is 1.33. The van der Waals surface area contributed by atoms with Crippen LogP contribution in [0.5, 0.6) is 0 Å². The largest absolute Gasteiger partial charge is 0.453 e. The quantitative estimate of drug-likeness (QED) is 0.792. The maximum absolute atomic E-state index is 12.1. The van der Waals surface area contributed by atoms with E-state index in [1.54, 1.807) is 18.2 Å². The predicted octanol–water partition coefficient (Wildman–Crippen LogP) is 2.21. The molecule has 1 aliphatic rings. The van der Waals surface area contributed by atoms with Crippen LogP contribution in [-0.2, 0) is 14.6 Å². The van der Waals surface area contributed by atoms with E-state index < -0.39 is 21.4 Å². The van der Waals surface area contributed by atoms with E-state index in [0.717, 1.165) is 18.2 Å². The topological polar surface area (TPSA) is 73.6 Å². The van der Waals surface area contributed by atoms with Gasteiger partial charge in [-0.2, -0.15) is 0 Å². The third kappa shape index (κ3) is 3.33. The first-order valence-corrected chi connectivity index (χ1v) is 8.69. The van der Waals surface area contributed by atoms with Gasteiger partial charge in [0.05, 0.1) is 11.9 Å². The Hall–Kier alpha value is -1.66. The zero-order chi connectivity index (χ0) is 14.9. The first-order chi connectivity index (χ1) is 10.0. The molecule has 1 aliphatic heterocycles. The molecule has 0 radical (unpaired) electrons. The van der Waals surface area contributed by atoms with Gasteiger partial charge >= 0.3 is 0 Å². The smallest absolute Gasteiger partial charge is 0.213 e. The second kappa shape index (κ2) is 5.61. The normalized spacial score (nSPS) is 19.1. The van der Waals surface area contributed by atoms with Crippen LogP contribution in [0.15, 0.2) is 34.7 Å². The number of rotatable bonds is 5. The monoisotopic (exact) mass is 308 g/mol. The molecule has 1 atom stereocenters. The summed E-state index contributed by atoms with van der Waals surface area (Å²) in [6, 6.07) is 8.78. The number of benzene rings is 1. The number of hydrogen-bond donors (Lipinski definition) is 0. The number of ketones is 1. The average Bonchev–Trinajstić information content (AvgIpc) is 3.05. The molecule has 6 heteroatoms. The Morgan fingerprint density at radius 3 is 2.81 bits per heavy atom. The molecule has 2 aromatic rings. The van der Waals surface area contributed by atoms with Crippen LogP contribution in [0.1, 0.15) is 23.4 Å². The number of sulfone groups is 1. The molecule has 5 nitrogen and oxygen atoms in total. The van der Waals surface area contributed by atoms with Crippen molar-refractivity contribution in [3.05, 3.63) is 36.1 Å². The molecule has 0 N–H and O–H groups in total. The van der Waals surface area contributed by atoms with Crippen molar-refractivity contribution in [2.75, 3.05) is 18.1 Å². The number of Topliss-reactive ketones (excluding diaryl/α,β-unsaturated/α-hetero) is 1. The highest BCUT2D eigenvalue weighted by Crippen LogP contribution is 2.20. The predicted molar refractivity (Wildman–Crippen MR) is 78.2 cm³/mol. The van der Waals surface area contributed by atoms with Gasteiger partial charge in [-0.15, -0.1) is 0 Å². The van der Waals surface area contributed by atoms with Gasteiger partial charge in [-0.25, -0.2) is 8.42 Å². The number of fused-ring (bicyclic) bond motifs is 1. The van der Waals surface area contributed by atoms with E-state index in [2.05, 4.69) is 0 Å². The lowest BCUT2D eigenvalue weighted by molar-refractivity contribution is 0.0991. The van der Waals surface area contributed by atoms with Gasteiger partial charge < -0.3 is 9.15 Å². The lowest BCUT2D eigenvalue weighted by atomic mass is 10.2. The molecule has 1 fully saturated rings. The third-order valence-electron chi connectivity index (χ3n) is 3.52. The Balaban J connectivity index is 1.72. The van der Waals surface area contributed by atoms with E-state index in [1.165, 1.54) is 0 Å². The molecule has 1 aromatic carbocycles. The van der Waals surface area contributed by atoms with Crippen LogP contribution in [-0.4, -0.2) is 38.4 Å². The van der Waals surface area contributed by atoms with Crippen molar-refractivity contribution in [3.63, 3.8) is 0 Å². The van der Waals surface area contributed by atoms with Gasteiger partial charge in [0.2, 0.25) is 5.78 Å². The molecule has 0 saturated carbocycles. The molecule has 0 bridgehead atoms. The van der Waals surface area contributed by atoms with Gasteiger partial charge in [-0.1, -0.05) is 18.2 Å². The van der Waals surface area contributed by atoms with Gasteiger partial charge in [0.1, 0.15) is 11.3 Å². The van der Waals surface area contributed by atoms with E-state index in [0.29, 0.717) is 12.2 Å². The highest BCUT2D eigenvalue weighted by Gasteiger charge is 2.27. The Kier molecular flexibility index (Phi) is 3.82. The van der Waals surface area contributed by atoms with Crippen LogP contribution in [0, 0.1) is 0 Å². The zero-order valence-corrected chi connectivity index (χ0v) is 12.3. The molecule has 112 valence electrons. The van der Waals surface area contributed by atoms with Crippen LogP contribution < -0.4 is 0 Å². The van der Waals surface area contributed by atoms with E-state index >= 15 is 0 Å². The molecule has 1 aromatic heterocycles. The molecular formula is C15H16O5S. The molecule has 21 heavy (non-hydrogen) atoms. The number of ether oxygens (including phenoxy) is 1. The Bertz CT molecular complexity index is 720. The molecule has 2 heterocycles. The summed E-state index contributed by atoms with van der Waals surface area (Å²) >= 11 is 0. The third-order valence-corrected chi connectivity index (χ3v) is 5.10. The first-order valence-electron chi connectivity index (χ1n) is 6.87. The summed E-state index contributed by atoms with van der Waals surface area (Å²) in [6.45, 7) is 0.595. The maximum Gasteiger partial charge on any atom is 0.213 e. The van der Waals surface area contributed by atoms with Gasteiger partial charge in [-0.05, 0) is 25.0 Å². The molecule has 3 rings (SSSR count). The minimum absolute atomic E-state index is 0.0899. The van der Waals surface area contributed by atoms with E-state index in [4.69, 9.17) is 9.15 Å². The lowest BCUT2D eigenvalue weighted by Crippen LogP contribution is -2.26. The fourth-order valence-corrected chi connectivity index (χ4v) is 4.00. The second-order valence-electron chi connectivity index (χ2n) is 5.26. The van der Waals surface area contributed by atoms with Crippen LogP contribution >= 0.6 is 0 Å². The van der Waals surface area contributed by atoms with Crippen molar-refractivity contribution in [3.8, 4) is 0 Å². The van der Waals surface area contributed by atoms with Crippen LogP contribution in [0.2, 0.25) is 0 Å². The Morgan fingerprint density at radius 1 is 1.29 bits per heavy atom. The minimum Gasteiger partial charge on any atom is -0.453 e. The lowest BCUT2D eigenvalue weighted by Gasteiger charge is -2.08. The summed E-state index contributed by atoms with van der Waals surface area (Å²) in [5, 5.41) is 0.789. The van der Waals surface area contributed by atoms with E-state index in [1.807, 2.05) is 12.1 Å². The van der Waals surface area contributed by atoms with Gasteiger partial charge in [0.25, 0.3) is 0 Å². The number of furan rings is 1. The number of para-hydroxylation sites is 1. The van der Waals surface area contributed by atoms with Crippen molar-refractivity contribution in [1.82, 2.24) is 0 Å². The summed E-state index contributed by atoms with van der Waals surface area (Å²) in [5.41, 5.74) is 0.581. The maximum atomic E-state index is 12.1.